The van der Waals surface area contributed by atoms with Crippen LogP contribution in [0, 0.1) is 6.92 Å². The lowest BCUT2D eigenvalue weighted by Crippen LogP contribution is -2.20. The third-order valence-electron chi connectivity index (χ3n) is 6.02. The van der Waals surface area contributed by atoms with Crippen LogP contribution in [0.15, 0.2) is 108 Å². The molecule has 2 aromatic heterocycles. The van der Waals surface area contributed by atoms with Crippen LogP contribution in [-0.4, -0.2) is 44.7 Å². The van der Waals surface area contributed by atoms with Gasteiger partial charge in [0.25, 0.3) is 5.91 Å². The minimum Gasteiger partial charge on any atom is -0.493 e. The molecular formula is C31H28N6O3S. The van der Waals surface area contributed by atoms with Crippen LogP contribution >= 0.6 is 11.8 Å². The highest BCUT2D eigenvalue weighted by atomic mass is 32.2. The van der Waals surface area contributed by atoms with Gasteiger partial charge in [0, 0.05) is 23.6 Å². The van der Waals surface area contributed by atoms with E-state index in [2.05, 4.69) is 25.7 Å². The molecule has 0 bridgehead atoms. The third-order valence-corrected chi connectivity index (χ3v) is 6.95. The van der Waals surface area contributed by atoms with Gasteiger partial charge in [0.05, 0.1) is 19.1 Å². The Morgan fingerprint density at radius 2 is 1.76 bits per heavy atom. The van der Waals surface area contributed by atoms with E-state index < -0.39 is 0 Å². The molecule has 1 amide bonds. The number of carbonyl (C=O) groups excluding carboxylic acids is 1. The molecule has 206 valence electrons. The SMILES string of the molecule is COc1cc(/C=N\NC(=O)CSc2nnc(-c3ccncc3)n2-c2ccc(C)cc2)ccc1OCc1ccccc1. The standard InChI is InChI=1S/C31H28N6O3S/c1-22-8-11-26(12-9-22)37-30(25-14-16-32-17-15-25)35-36-31(37)41-21-29(38)34-33-19-24-10-13-27(28(18-24)39-2)40-20-23-6-4-3-5-7-23/h3-19H,20-21H2,1-2H3,(H,34,38)/b33-19-. The summed E-state index contributed by atoms with van der Waals surface area (Å²) in [6.07, 6.45) is 4.98. The number of nitrogens with zero attached hydrogens (tertiary/aromatic N) is 5. The van der Waals surface area contributed by atoms with Crippen LogP contribution in [0.25, 0.3) is 17.1 Å². The summed E-state index contributed by atoms with van der Waals surface area (Å²) in [5.74, 6) is 1.70. The van der Waals surface area contributed by atoms with Gasteiger partial charge in [0.2, 0.25) is 0 Å². The van der Waals surface area contributed by atoms with E-state index >= 15 is 0 Å². The van der Waals surface area contributed by atoms with Gasteiger partial charge in [-0.25, -0.2) is 5.43 Å². The Bertz CT molecular complexity index is 1620. The second-order valence-corrected chi connectivity index (χ2v) is 9.92. The summed E-state index contributed by atoms with van der Waals surface area (Å²) in [5, 5.41) is 13.5. The molecule has 0 aliphatic carbocycles. The van der Waals surface area contributed by atoms with Crippen LogP contribution in [0.5, 0.6) is 11.5 Å². The number of ether oxygens (including phenoxy) is 2. The van der Waals surface area contributed by atoms with Crippen LogP contribution in [-0.2, 0) is 11.4 Å². The van der Waals surface area contributed by atoms with Gasteiger partial charge in [0.1, 0.15) is 6.61 Å². The van der Waals surface area contributed by atoms with Crippen molar-refractivity contribution in [2.75, 3.05) is 12.9 Å². The summed E-state index contributed by atoms with van der Waals surface area (Å²) >= 11 is 1.28. The van der Waals surface area contributed by atoms with Gasteiger partial charge in [-0.05, 0) is 60.5 Å². The minimum atomic E-state index is -0.273. The van der Waals surface area contributed by atoms with Crippen molar-refractivity contribution < 1.29 is 14.3 Å². The average Bonchev–Trinajstić information content (AvgIpc) is 3.44. The molecular weight excluding hydrogens is 536 g/mol. The number of nitrogens with one attached hydrogen (secondary N) is 1. The number of amides is 1. The maximum atomic E-state index is 12.6. The van der Waals surface area contributed by atoms with Crippen molar-refractivity contribution in [2.24, 2.45) is 5.10 Å². The number of rotatable bonds is 11. The molecule has 0 radical (unpaired) electrons. The zero-order chi connectivity index (χ0) is 28.4. The van der Waals surface area contributed by atoms with E-state index in [1.165, 1.54) is 11.8 Å². The van der Waals surface area contributed by atoms with Crippen molar-refractivity contribution in [3.05, 3.63) is 114 Å². The molecule has 41 heavy (non-hydrogen) atoms. The molecule has 0 spiro atoms. The quantitative estimate of drug-likeness (QED) is 0.129. The monoisotopic (exact) mass is 564 g/mol. The molecule has 0 aliphatic heterocycles. The molecule has 1 N–H and O–H groups in total. The van der Waals surface area contributed by atoms with Crippen molar-refractivity contribution in [3.63, 3.8) is 0 Å². The number of methoxy groups -OCH3 is 1. The summed E-state index contributed by atoms with van der Waals surface area (Å²) in [6.45, 7) is 2.46. The zero-order valence-electron chi connectivity index (χ0n) is 22.6. The molecule has 5 rings (SSSR count). The largest absolute Gasteiger partial charge is 0.493 e. The van der Waals surface area contributed by atoms with E-state index in [-0.39, 0.29) is 11.7 Å². The normalized spacial score (nSPS) is 11.0. The Balaban J connectivity index is 1.22. The van der Waals surface area contributed by atoms with Gasteiger partial charge in [-0.3, -0.25) is 14.3 Å². The maximum Gasteiger partial charge on any atom is 0.250 e. The Morgan fingerprint density at radius 1 is 0.976 bits per heavy atom. The molecule has 0 aliphatic rings. The highest BCUT2D eigenvalue weighted by Crippen LogP contribution is 2.29. The number of thioether (sulfide) groups is 1. The first-order chi connectivity index (χ1) is 20.1. The number of hydrogen-bond donors (Lipinski definition) is 1. The van der Waals surface area contributed by atoms with Crippen LogP contribution in [0.3, 0.4) is 0 Å². The van der Waals surface area contributed by atoms with Crippen molar-refractivity contribution >= 4 is 23.9 Å². The van der Waals surface area contributed by atoms with Gasteiger partial charge in [0.15, 0.2) is 22.5 Å². The van der Waals surface area contributed by atoms with Gasteiger partial charge >= 0.3 is 0 Å². The molecule has 5 aromatic rings. The fourth-order valence-corrected chi connectivity index (χ4v) is 4.68. The van der Waals surface area contributed by atoms with Crippen molar-refractivity contribution in [1.29, 1.82) is 0 Å². The zero-order valence-corrected chi connectivity index (χ0v) is 23.4. The first-order valence-electron chi connectivity index (χ1n) is 12.8. The van der Waals surface area contributed by atoms with E-state index in [1.807, 2.05) is 90.4 Å². The van der Waals surface area contributed by atoms with Crippen LogP contribution in [0.4, 0.5) is 0 Å². The summed E-state index contributed by atoms with van der Waals surface area (Å²) in [5.41, 5.74) is 7.31. The molecule has 9 nitrogen and oxygen atoms in total. The number of hydrogen-bond acceptors (Lipinski definition) is 8. The Hall–Kier alpha value is -4.96. The van der Waals surface area contributed by atoms with E-state index in [0.717, 1.165) is 27.9 Å². The van der Waals surface area contributed by atoms with Crippen molar-refractivity contribution in [1.82, 2.24) is 25.2 Å². The fourth-order valence-electron chi connectivity index (χ4n) is 3.94. The molecule has 0 saturated heterocycles. The highest BCUT2D eigenvalue weighted by molar-refractivity contribution is 7.99. The van der Waals surface area contributed by atoms with Gasteiger partial charge in [-0.1, -0.05) is 59.8 Å². The molecule has 0 atom stereocenters. The number of pyridine rings is 1. The molecule has 3 aromatic carbocycles. The fraction of sp³-hybridized carbons (Fsp3) is 0.129. The van der Waals surface area contributed by atoms with Crippen molar-refractivity contribution in [3.8, 4) is 28.6 Å². The molecule has 10 heteroatoms. The second kappa shape index (κ2) is 13.4. The van der Waals surface area contributed by atoms with E-state index in [9.17, 15) is 4.79 Å². The molecule has 0 saturated carbocycles. The summed E-state index contributed by atoms with van der Waals surface area (Å²) in [4.78, 5) is 16.7. The average molecular weight is 565 g/mol. The Morgan fingerprint density at radius 3 is 2.51 bits per heavy atom. The first kappa shape index (κ1) is 27.6. The number of aromatic nitrogens is 4. The molecule has 0 fully saturated rings. The Kier molecular flexibility index (Phi) is 9.02. The third kappa shape index (κ3) is 7.17. The van der Waals surface area contributed by atoms with Crippen LogP contribution < -0.4 is 14.9 Å². The number of aryl methyl sites for hydroxylation is 1. The number of benzene rings is 3. The van der Waals surface area contributed by atoms with E-state index in [0.29, 0.717) is 29.1 Å². The lowest BCUT2D eigenvalue weighted by molar-refractivity contribution is -0.118. The number of carbonyl (C=O) groups is 1. The summed E-state index contributed by atoms with van der Waals surface area (Å²) in [6, 6.07) is 27.2. The lowest BCUT2D eigenvalue weighted by atomic mass is 10.2. The maximum absolute atomic E-state index is 12.6. The Labute approximate surface area is 242 Å². The molecule has 2 heterocycles. The first-order valence-corrected chi connectivity index (χ1v) is 13.8. The van der Waals surface area contributed by atoms with Gasteiger partial charge in [-0.15, -0.1) is 10.2 Å². The predicted molar refractivity (Wildman–Crippen MR) is 160 cm³/mol. The van der Waals surface area contributed by atoms with E-state index in [1.54, 1.807) is 31.8 Å². The lowest BCUT2D eigenvalue weighted by Gasteiger charge is -2.11. The predicted octanol–water partition coefficient (Wildman–Crippen LogP) is 5.47. The minimum absolute atomic E-state index is 0.104. The van der Waals surface area contributed by atoms with Crippen LogP contribution in [0.1, 0.15) is 16.7 Å². The van der Waals surface area contributed by atoms with Gasteiger partial charge < -0.3 is 9.47 Å². The van der Waals surface area contributed by atoms with E-state index in [4.69, 9.17) is 9.47 Å². The summed E-state index contributed by atoms with van der Waals surface area (Å²) in [7, 11) is 1.58. The second-order valence-electron chi connectivity index (χ2n) is 8.98. The summed E-state index contributed by atoms with van der Waals surface area (Å²) < 4.78 is 13.3. The topological polar surface area (TPSA) is 104 Å². The molecule has 0 unspecified atom stereocenters. The smallest absolute Gasteiger partial charge is 0.250 e. The number of hydrazone groups is 1. The van der Waals surface area contributed by atoms with Gasteiger partial charge in [-0.2, -0.15) is 5.10 Å². The highest BCUT2D eigenvalue weighted by Gasteiger charge is 2.17. The van der Waals surface area contributed by atoms with Crippen molar-refractivity contribution in [2.45, 2.75) is 18.7 Å². The van der Waals surface area contributed by atoms with Crippen LogP contribution in [0.2, 0.25) is 0 Å².